The van der Waals surface area contributed by atoms with Gasteiger partial charge in [-0.25, -0.2) is 4.39 Å². The van der Waals surface area contributed by atoms with Crippen LogP contribution >= 0.6 is 11.6 Å². The molecule has 0 aliphatic rings. The Balaban J connectivity index is 2.51. The first-order valence-electron chi connectivity index (χ1n) is 6.85. The van der Waals surface area contributed by atoms with Crippen LogP contribution in [0.2, 0.25) is 5.02 Å². The first-order valence-corrected chi connectivity index (χ1v) is 7.23. The molecule has 2 nitrogen and oxygen atoms in total. The Kier molecular flexibility index (Phi) is 4.99. The van der Waals surface area contributed by atoms with Crippen LogP contribution in [0.15, 0.2) is 36.4 Å². The molecule has 2 atom stereocenters. The van der Waals surface area contributed by atoms with Gasteiger partial charge in [0.25, 0.3) is 0 Å². The summed E-state index contributed by atoms with van der Waals surface area (Å²) < 4.78 is 14.1. The van der Waals surface area contributed by atoms with Gasteiger partial charge in [-0.3, -0.25) is 0 Å². The van der Waals surface area contributed by atoms with E-state index in [0.717, 1.165) is 16.7 Å². The molecule has 0 bridgehead atoms. The van der Waals surface area contributed by atoms with Crippen molar-refractivity contribution in [2.75, 3.05) is 6.54 Å². The molecule has 0 saturated carbocycles. The Bertz CT molecular complexity index is 604. The molecule has 21 heavy (non-hydrogen) atoms. The van der Waals surface area contributed by atoms with Crippen LogP contribution in [-0.4, -0.2) is 11.7 Å². The van der Waals surface area contributed by atoms with Gasteiger partial charge >= 0.3 is 0 Å². The van der Waals surface area contributed by atoms with E-state index in [-0.39, 0.29) is 17.1 Å². The smallest absolute Gasteiger partial charge is 0.128 e. The van der Waals surface area contributed by atoms with E-state index in [1.54, 1.807) is 12.1 Å². The maximum Gasteiger partial charge on any atom is 0.128 e. The fraction of sp³-hybridized carbons (Fsp3) is 0.294. The van der Waals surface area contributed by atoms with Crippen LogP contribution in [0.1, 0.15) is 34.3 Å². The van der Waals surface area contributed by atoms with Gasteiger partial charge in [-0.15, -0.1) is 0 Å². The normalized spacial score (nSPS) is 14.0. The molecule has 2 rings (SSSR count). The predicted octanol–water partition coefficient (Wildman–Crippen LogP) is 3.87. The number of aryl methyl sites for hydroxylation is 2. The van der Waals surface area contributed by atoms with E-state index in [4.69, 9.17) is 17.3 Å². The number of hydrogen-bond donors (Lipinski definition) is 2. The molecule has 2 aromatic carbocycles. The second kappa shape index (κ2) is 6.56. The van der Waals surface area contributed by atoms with E-state index < -0.39 is 17.8 Å². The third-order valence-corrected chi connectivity index (χ3v) is 4.17. The monoisotopic (exact) mass is 307 g/mol. The van der Waals surface area contributed by atoms with E-state index in [9.17, 15) is 9.50 Å². The number of benzene rings is 2. The fourth-order valence-electron chi connectivity index (χ4n) is 2.76. The molecule has 0 aromatic heterocycles. The summed E-state index contributed by atoms with van der Waals surface area (Å²) in [4.78, 5) is 0. The number of aliphatic hydroxyl groups excluding tert-OH is 1. The van der Waals surface area contributed by atoms with Crippen molar-refractivity contribution in [2.24, 2.45) is 5.73 Å². The van der Waals surface area contributed by atoms with Crippen LogP contribution in [0.3, 0.4) is 0 Å². The molecular weight excluding hydrogens is 289 g/mol. The summed E-state index contributed by atoms with van der Waals surface area (Å²) in [5, 5.41) is 11.0. The van der Waals surface area contributed by atoms with Crippen LogP contribution in [0.4, 0.5) is 4.39 Å². The molecule has 4 heteroatoms. The Hall–Kier alpha value is -1.42. The van der Waals surface area contributed by atoms with E-state index in [1.807, 2.05) is 32.0 Å². The zero-order valence-electron chi connectivity index (χ0n) is 12.1. The van der Waals surface area contributed by atoms with Crippen molar-refractivity contribution in [1.82, 2.24) is 0 Å². The van der Waals surface area contributed by atoms with Crippen LogP contribution in [0, 0.1) is 19.7 Å². The van der Waals surface area contributed by atoms with Crippen LogP contribution in [0.5, 0.6) is 0 Å². The lowest BCUT2D eigenvalue weighted by atomic mass is 9.85. The largest absolute Gasteiger partial charge is 0.388 e. The number of halogens is 2. The molecular formula is C17H19ClFNO. The Morgan fingerprint density at radius 3 is 2.19 bits per heavy atom. The van der Waals surface area contributed by atoms with Crippen molar-refractivity contribution in [3.8, 4) is 0 Å². The molecule has 0 spiro atoms. The summed E-state index contributed by atoms with van der Waals surface area (Å²) in [7, 11) is 0. The van der Waals surface area contributed by atoms with Gasteiger partial charge in [-0.05, 0) is 42.7 Å². The summed E-state index contributed by atoms with van der Waals surface area (Å²) in [5.41, 5.74) is 8.76. The molecule has 2 aromatic rings. The lowest BCUT2D eigenvalue weighted by Gasteiger charge is -2.26. The molecule has 0 saturated heterocycles. The Morgan fingerprint density at radius 1 is 1.10 bits per heavy atom. The van der Waals surface area contributed by atoms with E-state index in [0.29, 0.717) is 0 Å². The second-order valence-corrected chi connectivity index (χ2v) is 5.64. The topological polar surface area (TPSA) is 46.2 Å². The van der Waals surface area contributed by atoms with Crippen molar-refractivity contribution in [3.05, 3.63) is 69.5 Å². The molecule has 0 heterocycles. The first kappa shape index (κ1) is 16.0. The van der Waals surface area contributed by atoms with Crippen molar-refractivity contribution >= 4 is 11.6 Å². The van der Waals surface area contributed by atoms with Gasteiger partial charge in [0.15, 0.2) is 0 Å². The first-order chi connectivity index (χ1) is 9.97. The van der Waals surface area contributed by atoms with Crippen molar-refractivity contribution in [3.63, 3.8) is 0 Å². The van der Waals surface area contributed by atoms with Crippen LogP contribution in [-0.2, 0) is 0 Å². The molecule has 2 unspecified atom stereocenters. The average Bonchev–Trinajstić information content (AvgIpc) is 2.42. The summed E-state index contributed by atoms with van der Waals surface area (Å²) in [6.07, 6.45) is -0.898. The minimum atomic E-state index is -0.898. The highest BCUT2D eigenvalue weighted by molar-refractivity contribution is 6.31. The molecule has 0 aliphatic carbocycles. The van der Waals surface area contributed by atoms with Crippen LogP contribution in [0.25, 0.3) is 0 Å². The highest BCUT2D eigenvalue weighted by Gasteiger charge is 2.28. The second-order valence-electron chi connectivity index (χ2n) is 5.23. The Morgan fingerprint density at radius 2 is 1.67 bits per heavy atom. The predicted molar refractivity (Wildman–Crippen MR) is 84.1 cm³/mol. The third-order valence-electron chi connectivity index (χ3n) is 3.84. The summed E-state index contributed by atoms with van der Waals surface area (Å²) in [5.74, 6) is -1.03. The molecule has 0 amide bonds. The summed E-state index contributed by atoms with van der Waals surface area (Å²) in [6, 6.07) is 10.3. The fourth-order valence-corrected chi connectivity index (χ4v) is 3.07. The van der Waals surface area contributed by atoms with E-state index in [1.165, 1.54) is 6.07 Å². The zero-order chi connectivity index (χ0) is 15.6. The van der Waals surface area contributed by atoms with Gasteiger partial charge in [-0.1, -0.05) is 35.9 Å². The average molecular weight is 308 g/mol. The molecule has 0 radical (unpaired) electrons. The summed E-state index contributed by atoms with van der Waals surface area (Å²) in [6.45, 7) is 3.94. The van der Waals surface area contributed by atoms with Gasteiger partial charge in [0.05, 0.1) is 6.10 Å². The van der Waals surface area contributed by atoms with Gasteiger partial charge in [0, 0.05) is 23.0 Å². The van der Waals surface area contributed by atoms with Crippen molar-refractivity contribution in [2.45, 2.75) is 25.9 Å². The maximum absolute atomic E-state index is 14.1. The SMILES string of the molecule is Cc1cccc(C)c1C(O)C(CN)c1c(F)cccc1Cl. The summed E-state index contributed by atoms with van der Waals surface area (Å²) >= 11 is 6.11. The molecule has 0 aliphatic heterocycles. The maximum atomic E-state index is 14.1. The highest BCUT2D eigenvalue weighted by Crippen LogP contribution is 2.37. The van der Waals surface area contributed by atoms with E-state index in [2.05, 4.69) is 0 Å². The number of rotatable bonds is 4. The standard InChI is InChI=1S/C17H19ClFNO/c1-10-5-3-6-11(2)15(10)17(21)12(9-20)16-13(18)7-4-8-14(16)19/h3-8,12,17,21H,9,20H2,1-2H3. The van der Waals surface area contributed by atoms with Gasteiger partial charge in [0.1, 0.15) is 5.82 Å². The number of hydrogen-bond acceptors (Lipinski definition) is 2. The minimum Gasteiger partial charge on any atom is -0.388 e. The molecule has 3 N–H and O–H groups in total. The van der Waals surface area contributed by atoms with Crippen molar-refractivity contribution in [1.29, 1.82) is 0 Å². The minimum absolute atomic E-state index is 0.107. The highest BCUT2D eigenvalue weighted by atomic mass is 35.5. The van der Waals surface area contributed by atoms with Crippen LogP contribution < -0.4 is 5.73 Å². The molecule has 112 valence electrons. The number of nitrogens with two attached hydrogens (primary N) is 1. The quantitative estimate of drug-likeness (QED) is 0.900. The lowest BCUT2D eigenvalue weighted by Crippen LogP contribution is -2.22. The lowest BCUT2D eigenvalue weighted by molar-refractivity contribution is 0.144. The third kappa shape index (κ3) is 3.10. The van der Waals surface area contributed by atoms with Gasteiger partial charge < -0.3 is 10.8 Å². The Labute approximate surface area is 129 Å². The van der Waals surface area contributed by atoms with Gasteiger partial charge in [-0.2, -0.15) is 0 Å². The number of aliphatic hydroxyl groups is 1. The van der Waals surface area contributed by atoms with Crippen molar-refractivity contribution < 1.29 is 9.50 Å². The van der Waals surface area contributed by atoms with Gasteiger partial charge in [0.2, 0.25) is 0 Å². The van der Waals surface area contributed by atoms with E-state index >= 15 is 0 Å². The molecule has 0 fully saturated rings. The zero-order valence-corrected chi connectivity index (χ0v) is 12.9.